The maximum Gasteiger partial charge on any atom is 0.408 e. The number of carbonyl (C=O) groups excluding carboxylic acids is 1. The summed E-state index contributed by atoms with van der Waals surface area (Å²) in [5.41, 5.74) is -2.06. The van der Waals surface area contributed by atoms with Crippen molar-refractivity contribution in [2.24, 2.45) is 7.05 Å². The van der Waals surface area contributed by atoms with E-state index in [-0.39, 0.29) is 13.0 Å². The van der Waals surface area contributed by atoms with Crippen molar-refractivity contribution < 1.29 is 19.4 Å². The van der Waals surface area contributed by atoms with Crippen molar-refractivity contribution >= 4 is 12.1 Å². The Balaban J connectivity index is 2.02. The molecule has 2 heterocycles. The van der Waals surface area contributed by atoms with Crippen LogP contribution in [0.2, 0.25) is 0 Å². The lowest BCUT2D eigenvalue weighted by molar-refractivity contribution is -0.144. The molecule has 1 aromatic heterocycles. The second-order valence-corrected chi connectivity index (χ2v) is 6.67. The number of amides is 1. The van der Waals surface area contributed by atoms with E-state index in [4.69, 9.17) is 4.74 Å². The van der Waals surface area contributed by atoms with Crippen molar-refractivity contribution in [1.82, 2.24) is 30.4 Å². The Labute approximate surface area is 133 Å². The van der Waals surface area contributed by atoms with Gasteiger partial charge in [-0.25, -0.2) is 9.59 Å². The van der Waals surface area contributed by atoms with Crippen LogP contribution >= 0.6 is 0 Å². The highest BCUT2D eigenvalue weighted by atomic mass is 16.6. The van der Waals surface area contributed by atoms with Crippen molar-refractivity contribution in [2.45, 2.75) is 44.9 Å². The highest BCUT2D eigenvalue weighted by Gasteiger charge is 2.47. The van der Waals surface area contributed by atoms with Gasteiger partial charge in [-0.05, 0) is 32.4 Å². The fourth-order valence-electron chi connectivity index (χ4n) is 2.44. The van der Waals surface area contributed by atoms with Gasteiger partial charge in [-0.15, -0.1) is 10.2 Å². The molecule has 0 saturated carbocycles. The van der Waals surface area contributed by atoms with Crippen LogP contribution in [-0.2, 0) is 23.1 Å². The Bertz CT molecular complexity index is 596. The van der Waals surface area contributed by atoms with E-state index in [2.05, 4.69) is 20.7 Å². The number of tetrazole rings is 1. The molecule has 0 aromatic carbocycles. The van der Waals surface area contributed by atoms with Crippen LogP contribution in [0.4, 0.5) is 4.79 Å². The number of hydrogen-bond donors (Lipinski definition) is 2. The predicted octanol–water partition coefficient (Wildman–Crippen LogP) is -0.236. The normalized spacial score (nSPS) is 22.1. The molecule has 0 bridgehead atoms. The van der Waals surface area contributed by atoms with Crippen molar-refractivity contribution in [1.29, 1.82) is 0 Å². The number of ether oxygens (including phenoxy) is 1. The Kier molecular flexibility index (Phi) is 4.55. The van der Waals surface area contributed by atoms with E-state index in [0.717, 1.165) is 0 Å². The van der Waals surface area contributed by atoms with Crippen LogP contribution in [0, 0.1) is 0 Å². The lowest BCUT2D eigenvalue weighted by Gasteiger charge is -2.28. The summed E-state index contributed by atoms with van der Waals surface area (Å²) in [6.07, 6.45) is -0.457. The minimum atomic E-state index is -1.37. The predicted molar refractivity (Wildman–Crippen MR) is 78.4 cm³/mol. The summed E-state index contributed by atoms with van der Waals surface area (Å²) in [6, 6.07) is 0. The van der Waals surface area contributed by atoms with Gasteiger partial charge >= 0.3 is 12.1 Å². The van der Waals surface area contributed by atoms with Gasteiger partial charge in [0.25, 0.3) is 0 Å². The number of rotatable bonds is 4. The van der Waals surface area contributed by atoms with Gasteiger partial charge < -0.3 is 15.2 Å². The highest BCUT2D eigenvalue weighted by Crippen LogP contribution is 2.23. The number of carboxylic acid groups (broad SMARTS) is 1. The maximum absolute atomic E-state index is 11.9. The van der Waals surface area contributed by atoms with Gasteiger partial charge in [0.15, 0.2) is 11.4 Å². The largest absolute Gasteiger partial charge is 0.479 e. The number of aliphatic carboxylic acids is 1. The number of nitrogens with one attached hydrogen (secondary N) is 1. The first-order chi connectivity index (χ1) is 10.6. The Morgan fingerprint density at radius 2 is 2.13 bits per heavy atom. The molecule has 1 saturated heterocycles. The molecule has 1 fully saturated rings. The van der Waals surface area contributed by atoms with Gasteiger partial charge in [-0.3, -0.25) is 4.90 Å². The van der Waals surface area contributed by atoms with Crippen LogP contribution in [0.15, 0.2) is 0 Å². The quantitative estimate of drug-likeness (QED) is 0.777. The molecule has 10 nitrogen and oxygen atoms in total. The van der Waals surface area contributed by atoms with Crippen LogP contribution in [0.3, 0.4) is 0 Å². The van der Waals surface area contributed by atoms with E-state index in [9.17, 15) is 14.7 Å². The van der Waals surface area contributed by atoms with Crippen molar-refractivity contribution in [3.63, 3.8) is 0 Å². The SMILES string of the molecule is Cn1nnc(CN2CCC(NC(=O)OC(C)(C)C)(C(=O)O)C2)n1. The fraction of sp³-hybridized carbons (Fsp3) is 0.769. The van der Waals surface area contributed by atoms with Crippen LogP contribution in [0.5, 0.6) is 0 Å². The first-order valence-electron chi connectivity index (χ1n) is 7.29. The summed E-state index contributed by atoms with van der Waals surface area (Å²) >= 11 is 0. The number of carbonyl (C=O) groups is 2. The summed E-state index contributed by atoms with van der Waals surface area (Å²) < 4.78 is 5.16. The molecule has 1 amide bonds. The molecule has 1 unspecified atom stereocenters. The van der Waals surface area contributed by atoms with Crippen molar-refractivity contribution in [3.05, 3.63) is 5.82 Å². The Morgan fingerprint density at radius 3 is 2.65 bits per heavy atom. The van der Waals surface area contributed by atoms with E-state index in [0.29, 0.717) is 18.9 Å². The van der Waals surface area contributed by atoms with Crippen LogP contribution < -0.4 is 5.32 Å². The second-order valence-electron chi connectivity index (χ2n) is 6.67. The summed E-state index contributed by atoms with van der Waals surface area (Å²) in [6.45, 7) is 6.20. The van der Waals surface area contributed by atoms with Gasteiger partial charge in [0.1, 0.15) is 5.60 Å². The molecule has 23 heavy (non-hydrogen) atoms. The zero-order valence-corrected chi connectivity index (χ0v) is 13.7. The number of carboxylic acids is 1. The first-order valence-corrected chi connectivity index (χ1v) is 7.29. The monoisotopic (exact) mass is 326 g/mol. The molecule has 0 spiro atoms. The number of aryl methyl sites for hydroxylation is 1. The minimum absolute atomic E-state index is 0.153. The van der Waals surface area contributed by atoms with E-state index in [1.165, 1.54) is 4.80 Å². The average Bonchev–Trinajstić information content (AvgIpc) is 2.95. The lowest BCUT2D eigenvalue weighted by atomic mass is 9.99. The van der Waals surface area contributed by atoms with Crippen molar-refractivity contribution in [3.8, 4) is 0 Å². The van der Waals surface area contributed by atoms with Crippen molar-refractivity contribution in [2.75, 3.05) is 13.1 Å². The smallest absolute Gasteiger partial charge is 0.408 e. The number of nitrogens with zero attached hydrogens (tertiary/aromatic N) is 5. The number of aromatic nitrogens is 4. The number of hydrogen-bond acceptors (Lipinski definition) is 7. The molecule has 10 heteroatoms. The van der Waals surface area contributed by atoms with Gasteiger partial charge in [-0.2, -0.15) is 4.80 Å². The minimum Gasteiger partial charge on any atom is -0.479 e. The Hall–Kier alpha value is -2.23. The maximum atomic E-state index is 11.9. The number of alkyl carbamates (subject to hydrolysis) is 1. The third kappa shape index (κ3) is 4.38. The molecule has 0 aliphatic carbocycles. The summed E-state index contributed by atoms with van der Waals surface area (Å²) in [5, 5.41) is 23.8. The lowest BCUT2D eigenvalue weighted by Crippen LogP contribution is -2.57. The molecule has 1 aliphatic heterocycles. The third-order valence-corrected chi connectivity index (χ3v) is 3.41. The van der Waals surface area contributed by atoms with E-state index in [1.54, 1.807) is 27.8 Å². The molecular formula is C13H22N6O4. The van der Waals surface area contributed by atoms with Crippen LogP contribution in [0.1, 0.15) is 33.0 Å². The van der Waals surface area contributed by atoms with Gasteiger partial charge in [0.2, 0.25) is 0 Å². The second kappa shape index (κ2) is 6.11. The van der Waals surface area contributed by atoms with E-state index < -0.39 is 23.2 Å². The molecule has 1 atom stereocenters. The van der Waals surface area contributed by atoms with E-state index >= 15 is 0 Å². The van der Waals surface area contributed by atoms with Crippen LogP contribution in [0.25, 0.3) is 0 Å². The van der Waals surface area contributed by atoms with Gasteiger partial charge in [0, 0.05) is 13.1 Å². The molecule has 2 N–H and O–H groups in total. The fourth-order valence-corrected chi connectivity index (χ4v) is 2.44. The number of likely N-dealkylation sites (tertiary alicyclic amines) is 1. The standard InChI is InChI=1S/C13H22N6O4/c1-12(2,3)23-11(22)14-13(10(20)21)5-6-19(8-13)7-9-15-17-18(4)16-9/h5-8H2,1-4H3,(H,14,22)(H,20,21). The third-order valence-electron chi connectivity index (χ3n) is 3.41. The molecule has 1 aliphatic rings. The molecule has 128 valence electrons. The molecule has 1 aromatic rings. The summed E-state index contributed by atoms with van der Waals surface area (Å²) in [5.74, 6) is -0.580. The topological polar surface area (TPSA) is 122 Å². The zero-order chi connectivity index (χ0) is 17.3. The molecule has 0 radical (unpaired) electrons. The van der Waals surface area contributed by atoms with E-state index in [1.807, 2.05) is 4.90 Å². The molecule has 2 rings (SSSR count). The molecular weight excluding hydrogens is 304 g/mol. The van der Waals surface area contributed by atoms with Gasteiger partial charge in [-0.1, -0.05) is 0 Å². The van der Waals surface area contributed by atoms with Crippen LogP contribution in [-0.4, -0.2) is 66.5 Å². The summed E-state index contributed by atoms with van der Waals surface area (Å²) in [7, 11) is 1.66. The highest BCUT2D eigenvalue weighted by molar-refractivity contribution is 5.85. The summed E-state index contributed by atoms with van der Waals surface area (Å²) in [4.78, 5) is 26.8. The zero-order valence-electron chi connectivity index (χ0n) is 13.7. The van der Waals surface area contributed by atoms with Gasteiger partial charge in [0.05, 0.1) is 13.6 Å². The Morgan fingerprint density at radius 1 is 1.43 bits per heavy atom. The average molecular weight is 326 g/mol. The first kappa shape index (κ1) is 17.1.